The molecule has 0 bridgehead atoms. The molecule has 1 N–H and O–H groups in total. The van der Waals surface area contributed by atoms with Crippen molar-refractivity contribution >= 4 is 11.8 Å². The molecule has 0 amide bonds. The summed E-state index contributed by atoms with van der Waals surface area (Å²) in [5.41, 5.74) is 1.24. The highest BCUT2D eigenvalue weighted by Crippen LogP contribution is 2.18. The molecule has 3 nitrogen and oxygen atoms in total. The highest BCUT2D eigenvalue weighted by Gasteiger charge is 1.96. The summed E-state index contributed by atoms with van der Waals surface area (Å²) in [5, 5.41) is 11.8. The molecular weight excluding hydrogens is 220 g/mol. The van der Waals surface area contributed by atoms with E-state index in [4.69, 9.17) is 10.00 Å². The van der Waals surface area contributed by atoms with Gasteiger partial charge < -0.3 is 10.1 Å². The zero-order chi connectivity index (χ0) is 11.6. The van der Waals surface area contributed by atoms with Crippen molar-refractivity contribution in [2.45, 2.75) is 11.4 Å². The maximum Gasteiger partial charge on any atom is 0.0855 e. The molecule has 1 aromatic carbocycles. The van der Waals surface area contributed by atoms with E-state index < -0.39 is 0 Å². The summed E-state index contributed by atoms with van der Waals surface area (Å²) in [4.78, 5) is 1.15. The summed E-state index contributed by atoms with van der Waals surface area (Å²) in [7, 11) is 1.70. The molecule has 0 aliphatic heterocycles. The number of nitrogens with zero attached hydrogens (tertiary/aromatic N) is 1. The van der Waals surface area contributed by atoms with Crippen LogP contribution in [0.4, 0.5) is 0 Å². The number of nitrogens with one attached hydrogen (secondary N) is 1. The molecule has 0 spiro atoms. The van der Waals surface area contributed by atoms with Crippen molar-refractivity contribution in [2.75, 3.05) is 26.0 Å². The Balaban J connectivity index is 2.38. The zero-order valence-electron chi connectivity index (χ0n) is 9.40. The van der Waals surface area contributed by atoms with Crippen molar-refractivity contribution in [3.8, 4) is 6.07 Å². The van der Waals surface area contributed by atoms with Crippen LogP contribution in [0, 0.1) is 11.3 Å². The predicted octanol–water partition coefficient (Wildman–Crippen LogP) is 2.04. The molecular formula is C12H16N2OS. The Labute approximate surface area is 101 Å². The molecule has 0 fully saturated rings. The van der Waals surface area contributed by atoms with Crippen molar-refractivity contribution in [1.82, 2.24) is 5.32 Å². The third-order valence-electron chi connectivity index (χ3n) is 2.01. The predicted molar refractivity (Wildman–Crippen MR) is 66.4 cm³/mol. The molecule has 4 heteroatoms. The van der Waals surface area contributed by atoms with E-state index in [0.29, 0.717) is 5.75 Å². The first-order valence-electron chi connectivity index (χ1n) is 5.15. The molecule has 0 saturated heterocycles. The molecule has 0 aliphatic carbocycles. The van der Waals surface area contributed by atoms with Crippen LogP contribution < -0.4 is 5.32 Å². The van der Waals surface area contributed by atoms with Crippen LogP contribution >= 0.6 is 11.8 Å². The number of hydrogen-bond acceptors (Lipinski definition) is 4. The Morgan fingerprint density at radius 3 is 3.12 bits per heavy atom. The Kier molecular flexibility index (Phi) is 6.66. The van der Waals surface area contributed by atoms with Crippen molar-refractivity contribution in [1.29, 1.82) is 5.26 Å². The van der Waals surface area contributed by atoms with E-state index in [1.165, 1.54) is 5.56 Å². The van der Waals surface area contributed by atoms with Crippen molar-refractivity contribution in [3.05, 3.63) is 29.8 Å². The van der Waals surface area contributed by atoms with E-state index in [-0.39, 0.29) is 0 Å². The van der Waals surface area contributed by atoms with Crippen LogP contribution in [-0.2, 0) is 11.3 Å². The summed E-state index contributed by atoms with van der Waals surface area (Å²) in [6.45, 7) is 2.42. The summed E-state index contributed by atoms with van der Waals surface area (Å²) >= 11 is 1.56. The van der Waals surface area contributed by atoms with E-state index in [1.54, 1.807) is 18.9 Å². The maximum atomic E-state index is 8.50. The van der Waals surface area contributed by atoms with E-state index in [2.05, 4.69) is 23.5 Å². The SMILES string of the molecule is COCCNCc1cccc(SCC#N)c1. The van der Waals surface area contributed by atoms with Crippen LogP contribution in [0.1, 0.15) is 5.56 Å². The van der Waals surface area contributed by atoms with Gasteiger partial charge >= 0.3 is 0 Å². The van der Waals surface area contributed by atoms with Gasteiger partial charge in [0.05, 0.1) is 18.4 Å². The molecule has 1 rings (SSSR count). The number of benzene rings is 1. The topological polar surface area (TPSA) is 45.0 Å². The average molecular weight is 236 g/mol. The van der Waals surface area contributed by atoms with Gasteiger partial charge in [0.15, 0.2) is 0 Å². The first kappa shape index (κ1) is 13.0. The van der Waals surface area contributed by atoms with Crippen LogP contribution in [0.25, 0.3) is 0 Å². The minimum absolute atomic E-state index is 0.501. The van der Waals surface area contributed by atoms with Gasteiger partial charge in [-0.3, -0.25) is 0 Å². The molecule has 0 aromatic heterocycles. The van der Waals surface area contributed by atoms with Crippen LogP contribution in [-0.4, -0.2) is 26.0 Å². The molecule has 0 atom stereocenters. The van der Waals surface area contributed by atoms with Gasteiger partial charge in [0.2, 0.25) is 0 Å². The summed E-state index contributed by atoms with van der Waals surface area (Å²) < 4.78 is 4.95. The standard InChI is InChI=1S/C12H16N2OS/c1-15-7-6-14-10-11-3-2-4-12(9-11)16-8-5-13/h2-4,9,14H,6-8,10H2,1H3. The number of rotatable bonds is 7. The van der Waals surface area contributed by atoms with Crippen LogP contribution in [0.5, 0.6) is 0 Å². The van der Waals surface area contributed by atoms with Crippen LogP contribution in [0.3, 0.4) is 0 Å². The molecule has 0 saturated carbocycles. The van der Waals surface area contributed by atoms with Gasteiger partial charge in [0, 0.05) is 25.1 Å². The minimum Gasteiger partial charge on any atom is -0.383 e. The molecule has 0 aliphatic rings. The second-order valence-electron chi connectivity index (χ2n) is 3.26. The Bertz CT molecular complexity index is 349. The summed E-state index contributed by atoms with van der Waals surface area (Å²) in [6, 6.07) is 10.4. The van der Waals surface area contributed by atoms with Crippen LogP contribution in [0.15, 0.2) is 29.2 Å². The largest absolute Gasteiger partial charge is 0.383 e. The Hall–Kier alpha value is -1.02. The zero-order valence-corrected chi connectivity index (χ0v) is 10.2. The first-order chi connectivity index (χ1) is 7.86. The van der Waals surface area contributed by atoms with Crippen LogP contribution in [0.2, 0.25) is 0 Å². The fourth-order valence-electron chi connectivity index (χ4n) is 1.27. The number of thioether (sulfide) groups is 1. The fourth-order valence-corrected chi connectivity index (χ4v) is 1.91. The fraction of sp³-hybridized carbons (Fsp3) is 0.417. The normalized spacial score (nSPS) is 10.0. The highest BCUT2D eigenvalue weighted by molar-refractivity contribution is 7.99. The van der Waals surface area contributed by atoms with E-state index in [9.17, 15) is 0 Å². The molecule has 0 heterocycles. The second kappa shape index (κ2) is 8.17. The van der Waals surface area contributed by atoms with Crippen molar-refractivity contribution in [2.24, 2.45) is 0 Å². The van der Waals surface area contributed by atoms with E-state index in [1.807, 2.05) is 12.1 Å². The smallest absolute Gasteiger partial charge is 0.0855 e. The second-order valence-corrected chi connectivity index (χ2v) is 4.31. The third kappa shape index (κ3) is 5.17. The lowest BCUT2D eigenvalue weighted by molar-refractivity contribution is 0.199. The minimum atomic E-state index is 0.501. The number of ether oxygens (including phenoxy) is 1. The molecule has 1 aromatic rings. The Morgan fingerprint density at radius 2 is 2.38 bits per heavy atom. The number of hydrogen-bond donors (Lipinski definition) is 1. The van der Waals surface area contributed by atoms with Gasteiger partial charge in [0.1, 0.15) is 0 Å². The molecule has 16 heavy (non-hydrogen) atoms. The van der Waals surface area contributed by atoms with Gasteiger partial charge in [-0.2, -0.15) is 5.26 Å². The third-order valence-corrected chi connectivity index (χ3v) is 2.87. The summed E-state index contributed by atoms with van der Waals surface area (Å²) in [6.07, 6.45) is 0. The monoisotopic (exact) mass is 236 g/mol. The van der Waals surface area contributed by atoms with E-state index >= 15 is 0 Å². The quantitative estimate of drug-likeness (QED) is 0.581. The van der Waals surface area contributed by atoms with Gasteiger partial charge in [-0.15, -0.1) is 11.8 Å². The highest BCUT2D eigenvalue weighted by atomic mass is 32.2. The summed E-state index contributed by atoms with van der Waals surface area (Å²) in [5.74, 6) is 0.501. The first-order valence-corrected chi connectivity index (χ1v) is 6.13. The number of methoxy groups -OCH3 is 1. The number of nitriles is 1. The lowest BCUT2D eigenvalue weighted by atomic mass is 10.2. The average Bonchev–Trinajstić information content (AvgIpc) is 2.33. The molecule has 0 radical (unpaired) electrons. The Morgan fingerprint density at radius 1 is 1.50 bits per heavy atom. The lowest BCUT2D eigenvalue weighted by Gasteiger charge is -2.05. The molecule has 0 unspecified atom stereocenters. The van der Waals surface area contributed by atoms with Gasteiger partial charge in [-0.1, -0.05) is 12.1 Å². The van der Waals surface area contributed by atoms with Crippen molar-refractivity contribution < 1.29 is 4.74 Å². The molecule has 86 valence electrons. The lowest BCUT2D eigenvalue weighted by Crippen LogP contribution is -2.18. The van der Waals surface area contributed by atoms with Gasteiger partial charge in [-0.05, 0) is 17.7 Å². The van der Waals surface area contributed by atoms with Gasteiger partial charge in [0.25, 0.3) is 0 Å². The van der Waals surface area contributed by atoms with Gasteiger partial charge in [-0.25, -0.2) is 0 Å². The van der Waals surface area contributed by atoms with E-state index in [0.717, 1.165) is 24.6 Å². The maximum absolute atomic E-state index is 8.50. The van der Waals surface area contributed by atoms with Crippen molar-refractivity contribution in [3.63, 3.8) is 0 Å².